The summed E-state index contributed by atoms with van der Waals surface area (Å²) in [6.07, 6.45) is 4.78. The molecule has 13 heavy (non-hydrogen) atoms. The summed E-state index contributed by atoms with van der Waals surface area (Å²) in [4.78, 5) is 10.6. The lowest BCUT2D eigenvalue weighted by Gasteiger charge is -2.31. The molecule has 1 amide bonds. The van der Waals surface area contributed by atoms with Gasteiger partial charge in [0.15, 0.2) is 0 Å². The fourth-order valence-corrected chi connectivity index (χ4v) is 1.99. The predicted molar refractivity (Wildman–Crippen MR) is 52.0 cm³/mol. The third-order valence-electron chi connectivity index (χ3n) is 2.75. The van der Waals surface area contributed by atoms with Crippen molar-refractivity contribution in [3.8, 4) is 0 Å². The van der Waals surface area contributed by atoms with Gasteiger partial charge in [-0.1, -0.05) is 12.8 Å². The zero-order valence-corrected chi connectivity index (χ0v) is 7.96. The molecule has 0 aromatic heterocycles. The molecule has 1 aliphatic carbocycles. The summed E-state index contributed by atoms with van der Waals surface area (Å²) in [5, 5.41) is 3.17. The summed E-state index contributed by atoms with van der Waals surface area (Å²) in [5.74, 6) is 0.231. The standard InChI is InChI=1S/C9H19N3O/c10-5-7-3-1-2-4-8(7)12-6-9(11)13/h7-8,12H,1-6,10H2,(H2,11,13). The lowest BCUT2D eigenvalue weighted by molar-refractivity contribution is -0.117. The number of hydrogen-bond acceptors (Lipinski definition) is 3. The van der Waals surface area contributed by atoms with Crippen molar-refractivity contribution in [2.24, 2.45) is 17.4 Å². The highest BCUT2D eigenvalue weighted by Gasteiger charge is 2.23. The van der Waals surface area contributed by atoms with Crippen LogP contribution in [0.15, 0.2) is 0 Å². The van der Waals surface area contributed by atoms with Crippen molar-refractivity contribution >= 4 is 5.91 Å². The van der Waals surface area contributed by atoms with E-state index in [1.165, 1.54) is 19.3 Å². The number of rotatable bonds is 4. The Labute approximate surface area is 79.0 Å². The molecule has 4 heteroatoms. The van der Waals surface area contributed by atoms with Gasteiger partial charge in [-0.2, -0.15) is 0 Å². The first-order chi connectivity index (χ1) is 6.24. The maximum atomic E-state index is 10.6. The number of amides is 1. The maximum Gasteiger partial charge on any atom is 0.231 e. The number of primary amides is 1. The van der Waals surface area contributed by atoms with Gasteiger partial charge >= 0.3 is 0 Å². The van der Waals surface area contributed by atoms with Gasteiger partial charge in [-0.15, -0.1) is 0 Å². The summed E-state index contributed by atoms with van der Waals surface area (Å²) in [6, 6.07) is 0.395. The van der Waals surface area contributed by atoms with E-state index in [-0.39, 0.29) is 12.5 Å². The van der Waals surface area contributed by atoms with Gasteiger partial charge in [-0.3, -0.25) is 4.79 Å². The van der Waals surface area contributed by atoms with Crippen LogP contribution in [0.4, 0.5) is 0 Å². The van der Waals surface area contributed by atoms with Crippen molar-refractivity contribution < 1.29 is 4.79 Å². The minimum Gasteiger partial charge on any atom is -0.369 e. The second-order valence-electron chi connectivity index (χ2n) is 3.73. The van der Waals surface area contributed by atoms with E-state index >= 15 is 0 Å². The molecule has 0 aromatic carbocycles. The van der Waals surface area contributed by atoms with E-state index in [2.05, 4.69) is 5.32 Å². The molecule has 0 spiro atoms. The van der Waals surface area contributed by atoms with E-state index in [4.69, 9.17) is 11.5 Å². The minimum atomic E-state index is -0.290. The number of hydrogen-bond donors (Lipinski definition) is 3. The van der Waals surface area contributed by atoms with Crippen LogP contribution in [0.5, 0.6) is 0 Å². The molecule has 4 nitrogen and oxygen atoms in total. The highest BCUT2D eigenvalue weighted by molar-refractivity contribution is 5.75. The van der Waals surface area contributed by atoms with E-state index in [0.29, 0.717) is 18.5 Å². The Morgan fingerprint density at radius 3 is 2.69 bits per heavy atom. The molecular weight excluding hydrogens is 166 g/mol. The monoisotopic (exact) mass is 185 g/mol. The second-order valence-corrected chi connectivity index (χ2v) is 3.73. The van der Waals surface area contributed by atoms with Crippen LogP contribution in [0, 0.1) is 5.92 Å². The zero-order valence-electron chi connectivity index (χ0n) is 7.96. The third-order valence-corrected chi connectivity index (χ3v) is 2.75. The molecule has 0 aliphatic heterocycles. The van der Waals surface area contributed by atoms with Gasteiger partial charge < -0.3 is 16.8 Å². The lowest BCUT2D eigenvalue weighted by Crippen LogP contribution is -2.45. The molecule has 1 rings (SSSR count). The quantitative estimate of drug-likeness (QED) is 0.556. The van der Waals surface area contributed by atoms with Gasteiger partial charge in [-0.05, 0) is 25.3 Å². The number of nitrogens with two attached hydrogens (primary N) is 2. The van der Waals surface area contributed by atoms with Gasteiger partial charge in [-0.25, -0.2) is 0 Å². The van der Waals surface area contributed by atoms with Crippen LogP contribution in [0.1, 0.15) is 25.7 Å². The molecular formula is C9H19N3O. The van der Waals surface area contributed by atoms with E-state index in [1.807, 2.05) is 0 Å². The van der Waals surface area contributed by atoms with Crippen molar-refractivity contribution in [2.45, 2.75) is 31.7 Å². The Hall–Kier alpha value is -0.610. The Morgan fingerprint density at radius 2 is 2.08 bits per heavy atom. The van der Waals surface area contributed by atoms with Gasteiger partial charge in [0.25, 0.3) is 0 Å². The molecule has 1 saturated carbocycles. The van der Waals surface area contributed by atoms with Crippen LogP contribution in [0.3, 0.4) is 0 Å². The van der Waals surface area contributed by atoms with Crippen molar-refractivity contribution in [1.82, 2.24) is 5.32 Å². The Morgan fingerprint density at radius 1 is 1.38 bits per heavy atom. The van der Waals surface area contributed by atoms with Crippen LogP contribution in [-0.4, -0.2) is 25.0 Å². The second kappa shape index (κ2) is 5.19. The summed E-state index contributed by atoms with van der Waals surface area (Å²) < 4.78 is 0. The zero-order chi connectivity index (χ0) is 9.68. The van der Waals surface area contributed by atoms with Crippen LogP contribution in [0.25, 0.3) is 0 Å². The van der Waals surface area contributed by atoms with Crippen molar-refractivity contribution in [3.63, 3.8) is 0 Å². The van der Waals surface area contributed by atoms with Crippen LogP contribution in [-0.2, 0) is 4.79 Å². The smallest absolute Gasteiger partial charge is 0.231 e. The molecule has 0 heterocycles. The van der Waals surface area contributed by atoms with E-state index in [1.54, 1.807) is 0 Å². The normalized spacial score (nSPS) is 28.7. The van der Waals surface area contributed by atoms with E-state index in [9.17, 15) is 4.79 Å². The lowest BCUT2D eigenvalue weighted by atomic mass is 9.84. The van der Waals surface area contributed by atoms with Crippen molar-refractivity contribution in [3.05, 3.63) is 0 Å². The summed E-state index contributed by atoms with van der Waals surface area (Å²) >= 11 is 0. The van der Waals surface area contributed by atoms with Crippen molar-refractivity contribution in [2.75, 3.05) is 13.1 Å². The maximum absolute atomic E-state index is 10.6. The molecule has 0 bridgehead atoms. The van der Waals surface area contributed by atoms with Crippen LogP contribution in [0.2, 0.25) is 0 Å². The number of nitrogens with one attached hydrogen (secondary N) is 1. The fourth-order valence-electron chi connectivity index (χ4n) is 1.99. The van der Waals surface area contributed by atoms with Gasteiger partial charge in [0, 0.05) is 6.04 Å². The summed E-state index contributed by atoms with van der Waals surface area (Å²) in [6.45, 7) is 0.984. The SMILES string of the molecule is NCC1CCCCC1NCC(N)=O. The van der Waals surface area contributed by atoms with Crippen LogP contribution < -0.4 is 16.8 Å². The summed E-state index contributed by atoms with van der Waals surface area (Å²) in [5.41, 5.74) is 10.7. The van der Waals surface area contributed by atoms with Crippen LogP contribution >= 0.6 is 0 Å². The number of carbonyl (C=O) groups is 1. The average Bonchev–Trinajstić information content (AvgIpc) is 2.15. The third kappa shape index (κ3) is 3.32. The molecule has 2 atom stereocenters. The fraction of sp³-hybridized carbons (Fsp3) is 0.889. The average molecular weight is 185 g/mol. The predicted octanol–water partition coefficient (Wildman–Crippen LogP) is -0.421. The van der Waals surface area contributed by atoms with Gasteiger partial charge in [0.2, 0.25) is 5.91 Å². The molecule has 0 aromatic rings. The molecule has 2 unspecified atom stereocenters. The van der Waals surface area contributed by atoms with Gasteiger partial charge in [0.1, 0.15) is 0 Å². The molecule has 1 aliphatic rings. The van der Waals surface area contributed by atoms with E-state index < -0.39 is 0 Å². The molecule has 0 radical (unpaired) electrons. The summed E-state index contributed by atoms with van der Waals surface area (Å²) in [7, 11) is 0. The Balaban J connectivity index is 2.31. The molecule has 0 saturated heterocycles. The molecule has 1 fully saturated rings. The van der Waals surface area contributed by atoms with Gasteiger partial charge in [0.05, 0.1) is 6.54 Å². The first kappa shape index (κ1) is 10.5. The first-order valence-electron chi connectivity index (χ1n) is 4.95. The molecule has 76 valence electrons. The Bertz CT molecular complexity index is 172. The largest absolute Gasteiger partial charge is 0.369 e. The first-order valence-corrected chi connectivity index (χ1v) is 4.95. The van der Waals surface area contributed by atoms with E-state index in [0.717, 1.165) is 6.42 Å². The minimum absolute atomic E-state index is 0.279. The topological polar surface area (TPSA) is 81.1 Å². The number of carbonyl (C=O) groups excluding carboxylic acids is 1. The van der Waals surface area contributed by atoms with Crippen molar-refractivity contribution in [1.29, 1.82) is 0 Å². The molecule has 5 N–H and O–H groups in total. The Kier molecular flexibility index (Phi) is 4.18. The highest BCUT2D eigenvalue weighted by Crippen LogP contribution is 2.23. The highest BCUT2D eigenvalue weighted by atomic mass is 16.1.